The maximum absolute atomic E-state index is 11.4. The van der Waals surface area contributed by atoms with Crippen molar-refractivity contribution >= 4 is 34.8 Å². The number of likely N-dealkylation sites (N-methyl/N-ethyl adjacent to an activating group) is 1. The summed E-state index contributed by atoms with van der Waals surface area (Å²) < 4.78 is 5.15. The van der Waals surface area contributed by atoms with Crippen LogP contribution >= 0.6 is 23.2 Å². The summed E-state index contributed by atoms with van der Waals surface area (Å²) in [6.07, 6.45) is 0. The smallest absolute Gasteiger partial charge is 0.241 e. The lowest BCUT2D eigenvalue weighted by Gasteiger charge is -2.15. The summed E-state index contributed by atoms with van der Waals surface area (Å²) in [5.41, 5.74) is 0.597. The fourth-order valence-electron chi connectivity index (χ4n) is 1.23. The number of hydrogen-bond acceptors (Lipinski definition) is 3. The molecule has 0 aliphatic rings. The number of nitrogens with one attached hydrogen (secondary N) is 1. The second kappa shape index (κ2) is 5.98. The van der Waals surface area contributed by atoms with Gasteiger partial charge in [-0.3, -0.25) is 4.79 Å². The first-order valence-electron chi connectivity index (χ1n) is 4.92. The topological polar surface area (TPSA) is 41.6 Å². The summed E-state index contributed by atoms with van der Waals surface area (Å²) in [6.45, 7) is 0.153. The van der Waals surface area contributed by atoms with Crippen LogP contribution in [-0.4, -0.2) is 38.6 Å². The lowest BCUT2D eigenvalue weighted by atomic mass is 10.3. The van der Waals surface area contributed by atoms with E-state index in [1.165, 1.54) is 12.0 Å². The van der Waals surface area contributed by atoms with Gasteiger partial charge >= 0.3 is 0 Å². The summed E-state index contributed by atoms with van der Waals surface area (Å²) in [6, 6.07) is 3.25. The minimum Gasteiger partial charge on any atom is -0.493 e. The van der Waals surface area contributed by atoms with Crippen LogP contribution in [0.3, 0.4) is 0 Å². The average molecular weight is 277 g/mol. The van der Waals surface area contributed by atoms with Gasteiger partial charge < -0.3 is 15.0 Å². The van der Waals surface area contributed by atoms with E-state index in [4.69, 9.17) is 27.9 Å². The van der Waals surface area contributed by atoms with Crippen LogP contribution in [0.5, 0.6) is 5.75 Å². The molecule has 0 spiro atoms. The first-order chi connectivity index (χ1) is 7.95. The highest BCUT2D eigenvalue weighted by atomic mass is 35.5. The molecule has 0 radical (unpaired) electrons. The van der Waals surface area contributed by atoms with Crippen molar-refractivity contribution in [2.75, 3.05) is 33.1 Å². The van der Waals surface area contributed by atoms with E-state index in [1.807, 2.05) is 0 Å². The zero-order valence-electron chi connectivity index (χ0n) is 9.88. The molecule has 94 valence electrons. The van der Waals surface area contributed by atoms with Crippen molar-refractivity contribution in [3.63, 3.8) is 0 Å². The van der Waals surface area contributed by atoms with E-state index in [2.05, 4.69) is 5.32 Å². The van der Waals surface area contributed by atoms with Crippen LogP contribution in [0.2, 0.25) is 10.0 Å². The number of carbonyl (C=O) groups excluding carboxylic acids is 1. The van der Waals surface area contributed by atoms with Gasteiger partial charge in [0.1, 0.15) is 0 Å². The summed E-state index contributed by atoms with van der Waals surface area (Å²) in [7, 11) is 4.88. The number of carbonyl (C=O) groups is 1. The SMILES string of the molecule is COc1c(Cl)cc(Cl)cc1NCC(=O)N(C)C. The van der Waals surface area contributed by atoms with Crippen molar-refractivity contribution in [1.82, 2.24) is 4.90 Å². The molecule has 0 aliphatic carbocycles. The van der Waals surface area contributed by atoms with Crippen molar-refractivity contribution in [2.24, 2.45) is 0 Å². The minimum absolute atomic E-state index is 0.0526. The zero-order chi connectivity index (χ0) is 13.0. The van der Waals surface area contributed by atoms with Crippen LogP contribution in [0.25, 0.3) is 0 Å². The van der Waals surface area contributed by atoms with Crippen molar-refractivity contribution in [3.05, 3.63) is 22.2 Å². The van der Waals surface area contributed by atoms with Gasteiger partial charge in [-0.1, -0.05) is 23.2 Å². The molecule has 0 heterocycles. The Bertz CT molecular complexity index is 422. The molecule has 0 atom stereocenters. The Morgan fingerprint density at radius 1 is 1.41 bits per heavy atom. The summed E-state index contributed by atoms with van der Waals surface area (Å²) in [4.78, 5) is 12.9. The van der Waals surface area contributed by atoms with E-state index in [9.17, 15) is 4.79 Å². The minimum atomic E-state index is -0.0526. The molecular formula is C11H14Cl2N2O2. The number of rotatable bonds is 4. The van der Waals surface area contributed by atoms with Crippen molar-refractivity contribution in [2.45, 2.75) is 0 Å². The van der Waals surface area contributed by atoms with Crippen molar-refractivity contribution in [3.8, 4) is 5.75 Å². The van der Waals surface area contributed by atoms with Gasteiger partial charge in [-0.15, -0.1) is 0 Å². The molecule has 0 saturated heterocycles. The van der Waals surface area contributed by atoms with Gasteiger partial charge in [0.15, 0.2) is 5.75 Å². The number of hydrogen-bond donors (Lipinski definition) is 1. The molecule has 0 saturated carbocycles. The Morgan fingerprint density at radius 2 is 2.06 bits per heavy atom. The number of nitrogens with zero attached hydrogens (tertiary/aromatic N) is 1. The van der Waals surface area contributed by atoms with Crippen LogP contribution in [0.15, 0.2) is 12.1 Å². The number of amides is 1. The second-order valence-electron chi connectivity index (χ2n) is 3.61. The molecule has 1 aromatic rings. The fourth-order valence-corrected chi connectivity index (χ4v) is 1.80. The van der Waals surface area contributed by atoms with E-state index in [-0.39, 0.29) is 12.5 Å². The average Bonchev–Trinajstić information content (AvgIpc) is 2.24. The molecule has 1 rings (SSSR count). The van der Waals surface area contributed by atoms with Crippen LogP contribution in [0.4, 0.5) is 5.69 Å². The van der Waals surface area contributed by atoms with Gasteiger partial charge in [0.2, 0.25) is 5.91 Å². The lowest BCUT2D eigenvalue weighted by Crippen LogP contribution is -2.28. The van der Waals surface area contributed by atoms with E-state index in [1.54, 1.807) is 26.2 Å². The molecule has 4 nitrogen and oxygen atoms in total. The molecule has 0 aliphatic heterocycles. The van der Waals surface area contributed by atoms with E-state index >= 15 is 0 Å². The quantitative estimate of drug-likeness (QED) is 0.919. The van der Waals surface area contributed by atoms with Crippen LogP contribution < -0.4 is 10.1 Å². The predicted molar refractivity (Wildman–Crippen MR) is 70.2 cm³/mol. The third kappa shape index (κ3) is 3.68. The number of benzene rings is 1. The number of anilines is 1. The third-order valence-corrected chi connectivity index (χ3v) is 2.64. The second-order valence-corrected chi connectivity index (χ2v) is 4.45. The molecular weight excluding hydrogens is 263 g/mol. The van der Waals surface area contributed by atoms with Gasteiger partial charge in [0.05, 0.1) is 24.4 Å². The van der Waals surface area contributed by atoms with Crippen LogP contribution in [0.1, 0.15) is 0 Å². The maximum Gasteiger partial charge on any atom is 0.241 e. The number of halogens is 2. The first-order valence-corrected chi connectivity index (χ1v) is 5.68. The van der Waals surface area contributed by atoms with E-state index in [0.717, 1.165) is 0 Å². The molecule has 6 heteroatoms. The third-order valence-electron chi connectivity index (χ3n) is 2.14. The predicted octanol–water partition coefficient (Wildman–Crippen LogP) is 2.50. The van der Waals surface area contributed by atoms with Crippen LogP contribution in [-0.2, 0) is 4.79 Å². The largest absolute Gasteiger partial charge is 0.493 e. The molecule has 0 unspecified atom stereocenters. The van der Waals surface area contributed by atoms with Gasteiger partial charge in [0.25, 0.3) is 0 Å². The maximum atomic E-state index is 11.4. The summed E-state index contributed by atoms with van der Waals surface area (Å²) in [5.74, 6) is 0.422. The highest BCUT2D eigenvalue weighted by molar-refractivity contribution is 6.36. The van der Waals surface area contributed by atoms with Gasteiger partial charge in [-0.05, 0) is 12.1 Å². The standard InChI is InChI=1S/C11H14Cl2N2O2/c1-15(2)10(16)6-14-9-5-7(12)4-8(13)11(9)17-3/h4-5,14H,6H2,1-3H3. The number of methoxy groups -OCH3 is 1. The van der Waals surface area contributed by atoms with E-state index < -0.39 is 0 Å². The monoisotopic (exact) mass is 276 g/mol. The molecule has 0 fully saturated rings. The summed E-state index contributed by atoms with van der Waals surface area (Å²) in [5, 5.41) is 3.83. The molecule has 1 amide bonds. The van der Waals surface area contributed by atoms with E-state index in [0.29, 0.717) is 21.5 Å². The highest BCUT2D eigenvalue weighted by Crippen LogP contribution is 2.35. The van der Waals surface area contributed by atoms with Crippen molar-refractivity contribution < 1.29 is 9.53 Å². The van der Waals surface area contributed by atoms with Gasteiger partial charge in [-0.2, -0.15) is 0 Å². The lowest BCUT2D eigenvalue weighted by molar-refractivity contribution is -0.126. The van der Waals surface area contributed by atoms with Gasteiger partial charge in [-0.25, -0.2) is 0 Å². The molecule has 1 N–H and O–H groups in total. The molecule has 0 bridgehead atoms. The first kappa shape index (κ1) is 13.9. The Labute approximate surface area is 110 Å². The Kier molecular flexibility index (Phi) is 4.90. The molecule has 1 aromatic carbocycles. The summed E-state index contributed by atoms with van der Waals surface area (Å²) >= 11 is 11.8. The molecule has 0 aromatic heterocycles. The van der Waals surface area contributed by atoms with Crippen LogP contribution in [0, 0.1) is 0 Å². The Morgan fingerprint density at radius 3 is 2.59 bits per heavy atom. The zero-order valence-corrected chi connectivity index (χ0v) is 11.4. The Hall–Kier alpha value is -1.13. The fraction of sp³-hybridized carbons (Fsp3) is 0.364. The normalized spacial score (nSPS) is 9.94. The van der Waals surface area contributed by atoms with Gasteiger partial charge in [0, 0.05) is 19.1 Å². The number of ether oxygens (including phenoxy) is 1. The Balaban J connectivity index is 2.86. The molecule has 17 heavy (non-hydrogen) atoms. The van der Waals surface area contributed by atoms with Crippen molar-refractivity contribution in [1.29, 1.82) is 0 Å². The highest BCUT2D eigenvalue weighted by Gasteiger charge is 2.11.